The summed E-state index contributed by atoms with van der Waals surface area (Å²) in [5.74, 6) is -0.981. The maximum atomic E-state index is 12.5. The van der Waals surface area contributed by atoms with Crippen LogP contribution in [0.1, 0.15) is 48.4 Å². The van der Waals surface area contributed by atoms with E-state index in [4.69, 9.17) is 5.11 Å². The van der Waals surface area contributed by atoms with Crippen LogP contribution in [0.2, 0.25) is 0 Å². The zero-order valence-electron chi connectivity index (χ0n) is 51.4. The van der Waals surface area contributed by atoms with Gasteiger partial charge in [-0.3, -0.25) is 19.2 Å². The molecule has 4 amide bonds. The van der Waals surface area contributed by atoms with Crippen LogP contribution in [-0.4, -0.2) is 101 Å². The summed E-state index contributed by atoms with van der Waals surface area (Å²) in [5.41, 5.74) is 2.33. The van der Waals surface area contributed by atoms with Crippen LogP contribution in [0.25, 0.3) is 43.1 Å². The molecule has 12 rings (SSSR count). The van der Waals surface area contributed by atoms with Gasteiger partial charge in [-0.05, 0) is 94.3 Å². The number of carboxylic acid groups (broad SMARTS) is 1. The van der Waals surface area contributed by atoms with E-state index in [1.54, 1.807) is 84.9 Å². The number of nitrogens with one attached hydrogen (secondary N) is 4. The first kappa shape index (κ1) is 71.2. The summed E-state index contributed by atoms with van der Waals surface area (Å²) >= 11 is 0. The van der Waals surface area contributed by atoms with E-state index in [1.165, 1.54) is 43.8 Å². The Morgan fingerprint density at radius 3 is 0.796 bits per heavy atom. The third kappa shape index (κ3) is 18.8. The minimum atomic E-state index is -1.05. The quantitative estimate of drug-likeness (QED) is 0.0219. The van der Waals surface area contributed by atoms with E-state index in [1.807, 2.05) is 97.1 Å². The van der Waals surface area contributed by atoms with Crippen LogP contribution in [0.15, 0.2) is 260 Å². The summed E-state index contributed by atoms with van der Waals surface area (Å²) in [4.78, 5) is 74.8. The van der Waals surface area contributed by atoms with Crippen LogP contribution in [0, 0.1) is 0 Å². The Balaban J connectivity index is 0.000000201. The number of pyridine rings is 4. The van der Waals surface area contributed by atoms with Gasteiger partial charge in [0.25, 0.3) is 17.7 Å². The minimum Gasteiger partial charge on any atom is -0.505 e. The van der Waals surface area contributed by atoms with Crippen molar-refractivity contribution in [1.29, 1.82) is 0 Å². The van der Waals surface area contributed by atoms with Crippen LogP contribution in [0.3, 0.4) is 0 Å². The second-order valence-corrected chi connectivity index (χ2v) is 20.6. The second kappa shape index (κ2) is 34.5. The molecular weight excluding hydrogens is 1340 g/mol. The molecule has 0 saturated carbocycles. The van der Waals surface area contributed by atoms with E-state index in [9.17, 15) is 44.4 Å². The van der Waals surface area contributed by atoms with Crippen molar-refractivity contribution in [1.82, 2.24) is 41.2 Å². The Hall–Kier alpha value is -12.7. The van der Waals surface area contributed by atoms with Crippen molar-refractivity contribution < 1.29 is 82.5 Å². The van der Waals surface area contributed by atoms with Gasteiger partial charge in [-0.15, -0.1) is 40.9 Å². The van der Waals surface area contributed by atoms with Gasteiger partial charge >= 0.3 is 5.97 Å². The van der Waals surface area contributed by atoms with Crippen LogP contribution in [-0.2, 0) is 37.8 Å². The fraction of sp³-hybridized carbons (Fsp3) is 0.0714. The number of benzene rings is 8. The van der Waals surface area contributed by atoms with Gasteiger partial charge in [0.15, 0.2) is 46.3 Å². The SMILES string of the molecule is CC(=O)NCCNC(=O)c1ccc(N=Nc2ccc3ccccc3c2O)nc1.O=C(NCCNC(=O)c1ccc(N=Nc2ccc3ccccc3c2O)nc1)c1ccc(N=Nc2ccc3ccccc3c2O)nc1.O=C(O)c1ccc(N=Nc2ccc3ccccc3c2O)nc1.[Ni].[Ni]. The first-order chi connectivity index (χ1) is 46.6. The number of azo groups is 4. The third-order valence-electron chi connectivity index (χ3n) is 14.1. The Labute approximate surface area is 577 Å². The van der Waals surface area contributed by atoms with Crippen molar-refractivity contribution in [2.45, 2.75) is 6.92 Å². The third-order valence-corrected chi connectivity index (χ3v) is 14.1. The number of aromatic hydroxyl groups is 4. The molecular formula is C70H56N16Ni2O10. The molecule has 0 bridgehead atoms. The van der Waals surface area contributed by atoms with Crippen molar-refractivity contribution in [2.24, 2.45) is 40.9 Å². The molecule has 12 aromatic rings. The van der Waals surface area contributed by atoms with Crippen molar-refractivity contribution in [3.05, 3.63) is 241 Å². The van der Waals surface area contributed by atoms with Gasteiger partial charge in [-0.1, -0.05) is 121 Å². The molecule has 0 unspecified atom stereocenters. The summed E-state index contributed by atoms with van der Waals surface area (Å²) in [7, 11) is 0. The van der Waals surface area contributed by atoms with E-state index in [0.29, 0.717) is 79.9 Å². The zero-order valence-corrected chi connectivity index (χ0v) is 53.4. The number of fused-ring (bicyclic) bond motifs is 4. The fourth-order valence-electron chi connectivity index (χ4n) is 9.10. The monoisotopic (exact) mass is 1400 g/mol. The molecule has 496 valence electrons. The van der Waals surface area contributed by atoms with Gasteiger partial charge in [0.05, 0.1) is 22.3 Å². The molecule has 0 atom stereocenters. The number of nitrogens with zero attached hydrogens (tertiary/aromatic N) is 12. The molecule has 4 aromatic heterocycles. The summed E-state index contributed by atoms with van der Waals surface area (Å²) < 4.78 is 0. The van der Waals surface area contributed by atoms with Gasteiger partial charge in [0.2, 0.25) is 5.91 Å². The number of amides is 4. The Bertz CT molecular complexity index is 4820. The van der Waals surface area contributed by atoms with Crippen LogP contribution < -0.4 is 21.3 Å². The average Bonchev–Trinajstić information content (AvgIpc) is 0.843. The number of rotatable bonds is 18. The first-order valence-electron chi connectivity index (χ1n) is 29.3. The van der Waals surface area contributed by atoms with Gasteiger partial charge < -0.3 is 46.8 Å². The number of hydrogen-bond donors (Lipinski definition) is 9. The van der Waals surface area contributed by atoms with Crippen molar-refractivity contribution >= 4 is 119 Å². The molecule has 0 fully saturated rings. The molecule has 0 aliphatic heterocycles. The van der Waals surface area contributed by atoms with Crippen LogP contribution >= 0.6 is 0 Å². The maximum absolute atomic E-state index is 12.5. The van der Waals surface area contributed by atoms with E-state index >= 15 is 0 Å². The molecule has 8 aromatic carbocycles. The van der Waals surface area contributed by atoms with E-state index in [0.717, 1.165) is 21.5 Å². The smallest absolute Gasteiger partial charge is 0.337 e. The molecule has 26 nitrogen and oxygen atoms in total. The van der Waals surface area contributed by atoms with E-state index in [-0.39, 0.29) is 116 Å². The van der Waals surface area contributed by atoms with Crippen molar-refractivity contribution in [3.8, 4) is 23.0 Å². The van der Waals surface area contributed by atoms with E-state index < -0.39 is 5.97 Å². The van der Waals surface area contributed by atoms with Gasteiger partial charge in [0.1, 0.15) is 22.7 Å². The van der Waals surface area contributed by atoms with Gasteiger partial charge in [-0.25, -0.2) is 24.7 Å². The standard InChI is InChI=1S/C34H26N8O4.C20H19N5O3.C16H11N3O3.2Ni/c43-31-25-7-3-1-5-21(25)9-13-27(31)39-41-29-15-11-23(19-37-29)33(45)35-17-18-36-34(46)24-12-16-30(38-20-24)42-40-28-14-10-22-6-2-4-8-26(22)32(28)44;1-13(26)21-10-11-22-20(28)15-7-9-18(23-12-15)25-24-17-8-6-14-4-2-3-5-16(14)19(17)27;20-15-12-4-2-1-3-10(12)5-7-13(15)18-19-14-8-6-11(9-17-14)16(21)22;;/h1-16,19-20,43-44H,17-18H2,(H,35,45)(H,36,46);2-9,12,27H,10-11H2,1H3,(H,21,26)(H,22,28);1-9,20H,(H,21,22);;. The Morgan fingerprint density at radius 1 is 0.316 bits per heavy atom. The molecule has 4 heterocycles. The molecule has 0 spiro atoms. The zero-order chi connectivity index (χ0) is 67.3. The van der Waals surface area contributed by atoms with Gasteiger partial charge in [-0.2, -0.15) is 0 Å². The number of carbonyl (C=O) groups excluding carboxylic acids is 4. The number of hydrogen-bond acceptors (Lipinski definition) is 21. The first-order valence-corrected chi connectivity index (χ1v) is 29.3. The van der Waals surface area contributed by atoms with E-state index in [2.05, 4.69) is 82.1 Å². The number of phenols is 4. The average molecular weight is 1400 g/mol. The van der Waals surface area contributed by atoms with Crippen LogP contribution in [0.5, 0.6) is 23.0 Å². The molecule has 28 heteroatoms. The normalized spacial score (nSPS) is 10.9. The van der Waals surface area contributed by atoms with Crippen molar-refractivity contribution in [2.75, 3.05) is 26.2 Å². The molecule has 9 N–H and O–H groups in total. The summed E-state index contributed by atoms with van der Waals surface area (Å²) in [5, 5.41) is 99.5. The summed E-state index contributed by atoms with van der Waals surface area (Å²) in [6.45, 7) is 2.46. The number of aromatic carboxylic acids is 1. The predicted molar refractivity (Wildman–Crippen MR) is 359 cm³/mol. The Morgan fingerprint density at radius 2 is 0.561 bits per heavy atom. The number of carboxylic acids is 1. The van der Waals surface area contributed by atoms with Crippen LogP contribution in [0.4, 0.5) is 46.0 Å². The summed E-state index contributed by atoms with van der Waals surface area (Å²) in [6, 6.07) is 55.9. The second-order valence-electron chi connectivity index (χ2n) is 20.6. The Kier molecular flexibility index (Phi) is 25.0. The summed E-state index contributed by atoms with van der Waals surface area (Å²) in [6.07, 6.45) is 5.34. The fourth-order valence-corrected chi connectivity index (χ4v) is 9.10. The molecule has 0 saturated heterocycles. The maximum Gasteiger partial charge on any atom is 0.337 e. The number of phenolic OH excluding ortho intramolecular Hbond substituents is 4. The van der Waals surface area contributed by atoms with Gasteiger partial charge in [0, 0.05) is 112 Å². The molecule has 98 heavy (non-hydrogen) atoms. The molecule has 0 aliphatic rings. The van der Waals surface area contributed by atoms with Crippen molar-refractivity contribution in [3.63, 3.8) is 0 Å². The molecule has 0 aliphatic carbocycles. The predicted octanol–water partition coefficient (Wildman–Crippen LogP) is 14.5. The topological polar surface area (TPSA) is 385 Å². The number of carbonyl (C=O) groups is 5. The largest absolute Gasteiger partial charge is 0.505 e. The molecule has 0 radical (unpaired) electrons. The minimum absolute atomic E-state index is 0. The number of aromatic nitrogens is 4.